The van der Waals surface area contributed by atoms with Crippen molar-refractivity contribution in [1.82, 2.24) is 0 Å². The lowest BCUT2D eigenvalue weighted by Crippen LogP contribution is -2.37. The predicted octanol–water partition coefficient (Wildman–Crippen LogP) is 1.59. The molecule has 0 amide bonds. The summed E-state index contributed by atoms with van der Waals surface area (Å²) in [4.78, 5) is 2.23. The van der Waals surface area contributed by atoms with Gasteiger partial charge in [-0.25, -0.2) is 0 Å². The number of rotatable bonds is 3. The van der Waals surface area contributed by atoms with Gasteiger partial charge in [0.2, 0.25) is 0 Å². The number of methoxy groups -OCH3 is 1. The Morgan fingerprint density at radius 2 is 2.06 bits per heavy atom. The fourth-order valence-corrected chi connectivity index (χ4v) is 2.21. The zero-order valence-corrected chi connectivity index (χ0v) is 10.3. The third-order valence-corrected chi connectivity index (χ3v) is 3.03. The third kappa shape index (κ3) is 2.53. The first-order valence-electron chi connectivity index (χ1n) is 5.91. The largest absolute Gasteiger partial charge is 0.496 e. The molecule has 0 aliphatic carbocycles. The lowest BCUT2D eigenvalue weighted by Gasteiger charge is -2.31. The van der Waals surface area contributed by atoms with Crippen LogP contribution < -0.4 is 9.64 Å². The van der Waals surface area contributed by atoms with Gasteiger partial charge in [-0.1, -0.05) is 6.07 Å². The zero-order chi connectivity index (χ0) is 12.3. The molecule has 1 aromatic carbocycles. The maximum Gasteiger partial charge on any atom is 0.126 e. The lowest BCUT2D eigenvalue weighted by molar-refractivity contribution is 0.122. The van der Waals surface area contributed by atoms with E-state index >= 15 is 0 Å². The van der Waals surface area contributed by atoms with E-state index in [9.17, 15) is 5.11 Å². The van der Waals surface area contributed by atoms with Gasteiger partial charge in [0.15, 0.2) is 0 Å². The molecule has 0 radical (unpaired) electrons. The SMILES string of the molecule is COc1cccc(N2CCOCC2)c1[C@@H](C)O. The molecule has 0 aromatic heterocycles. The van der Waals surface area contributed by atoms with Crippen molar-refractivity contribution in [3.63, 3.8) is 0 Å². The summed E-state index contributed by atoms with van der Waals surface area (Å²) in [6.45, 7) is 4.94. The van der Waals surface area contributed by atoms with Crippen LogP contribution in [-0.4, -0.2) is 38.5 Å². The van der Waals surface area contributed by atoms with Crippen molar-refractivity contribution in [2.24, 2.45) is 0 Å². The van der Waals surface area contributed by atoms with E-state index in [1.54, 1.807) is 14.0 Å². The molecular formula is C13H19NO3. The molecule has 0 bridgehead atoms. The first-order valence-corrected chi connectivity index (χ1v) is 5.91. The van der Waals surface area contributed by atoms with Gasteiger partial charge in [-0.15, -0.1) is 0 Å². The first kappa shape index (κ1) is 12.2. The summed E-state index contributed by atoms with van der Waals surface area (Å²) in [5.41, 5.74) is 1.90. The summed E-state index contributed by atoms with van der Waals surface area (Å²) in [6.07, 6.45) is -0.538. The predicted molar refractivity (Wildman–Crippen MR) is 66.7 cm³/mol. The highest BCUT2D eigenvalue weighted by Crippen LogP contribution is 2.34. The first-order chi connectivity index (χ1) is 8.24. The topological polar surface area (TPSA) is 41.9 Å². The highest BCUT2D eigenvalue weighted by molar-refractivity contribution is 5.60. The molecule has 1 atom stereocenters. The Hall–Kier alpha value is -1.26. The highest BCUT2D eigenvalue weighted by atomic mass is 16.5. The highest BCUT2D eigenvalue weighted by Gasteiger charge is 2.20. The zero-order valence-electron chi connectivity index (χ0n) is 10.3. The van der Waals surface area contributed by atoms with Crippen molar-refractivity contribution in [1.29, 1.82) is 0 Å². The summed E-state index contributed by atoms with van der Waals surface area (Å²) in [5.74, 6) is 0.740. The Morgan fingerprint density at radius 1 is 1.35 bits per heavy atom. The number of ether oxygens (including phenoxy) is 2. The van der Waals surface area contributed by atoms with Gasteiger partial charge >= 0.3 is 0 Å². The van der Waals surface area contributed by atoms with Crippen molar-refractivity contribution in [3.8, 4) is 5.75 Å². The quantitative estimate of drug-likeness (QED) is 0.866. The average molecular weight is 237 g/mol. The number of aliphatic hydroxyl groups excluding tert-OH is 1. The molecular weight excluding hydrogens is 218 g/mol. The maximum atomic E-state index is 9.91. The summed E-state index contributed by atoms with van der Waals surface area (Å²) < 4.78 is 10.7. The van der Waals surface area contributed by atoms with E-state index in [1.165, 1.54) is 0 Å². The number of nitrogens with zero attached hydrogens (tertiary/aromatic N) is 1. The number of anilines is 1. The fraction of sp³-hybridized carbons (Fsp3) is 0.538. The van der Waals surface area contributed by atoms with E-state index in [1.807, 2.05) is 18.2 Å². The second kappa shape index (κ2) is 5.38. The molecule has 1 aliphatic heterocycles. The van der Waals surface area contributed by atoms with E-state index in [-0.39, 0.29) is 0 Å². The van der Waals surface area contributed by atoms with Crippen LogP contribution in [0, 0.1) is 0 Å². The van der Waals surface area contributed by atoms with Crippen LogP contribution >= 0.6 is 0 Å². The number of morpholine rings is 1. The van der Waals surface area contributed by atoms with Gasteiger partial charge in [0, 0.05) is 24.3 Å². The van der Waals surface area contributed by atoms with Crippen molar-refractivity contribution in [2.75, 3.05) is 38.3 Å². The van der Waals surface area contributed by atoms with Crippen LogP contribution in [0.25, 0.3) is 0 Å². The molecule has 0 unspecified atom stereocenters. The summed E-state index contributed by atoms with van der Waals surface area (Å²) in [5, 5.41) is 9.91. The van der Waals surface area contributed by atoms with Gasteiger partial charge in [0.25, 0.3) is 0 Å². The minimum absolute atomic E-state index is 0.538. The summed E-state index contributed by atoms with van der Waals surface area (Å²) in [6, 6.07) is 5.86. The molecule has 94 valence electrons. The number of hydrogen-bond donors (Lipinski definition) is 1. The van der Waals surface area contributed by atoms with Crippen LogP contribution in [0.2, 0.25) is 0 Å². The average Bonchev–Trinajstić information content (AvgIpc) is 2.38. The molecule has 1 N–H and O–H groups in total. The van der Waals surface area contributed by atoms with E-state index in [4.69, 9.17) is 9.47 Å². The Balaban J connectivity index is 2.37. The summed E-state index contributed by atoms with van der Waals surface area (Å²) in [7, 11) is 1.63. The molecule has 4 heteroatoms. The molecule has 17 heavy (non-hydrogen) atoms. The van der Waals surface area contributed by atoms with E-state index in [0.29, 0.717) is 0 Å². The second-order valence-corrected chi connectivity index (χ2v) is 4.17. The number of benzene rings is 1. The maximum absolute atomic E-state index is 9.91. The minimum Gasteiger partial charge on any atom is -0.496 e. The van der Waals surface area contributed by atoms with Crippen LogP contribution in [0.3, 0.4) is 0 Å². The normalized spacial score (nSPS) is 17.9. The van der Waals surface area contributed by atoms with Gasteiger partial charge in [0.1, 0.15) is 5.75 Å². The fourth-order valence-electron chi connectivity index (χ4n) is 2.21. The third-order valence-electron chi connectivity index (χ3n) is 3.03. The van der Waals surface area contributed by atoms with Crippen molar-refractivity contribution < 1.29 is 14.6 Å². The van der Waals surface area contributed by atoms with Gasteiger partial charge in [-0.2, -0.15) is 0 Å². The molecule has 1 aromatic rings. The van der Waals surface area contributed by atoms with Crippen LogP contribution in [0.1, 0.15) is 18.6 Å². The van der Waals surface area contributed by atoms with Gasteiger partial charge in [-0.05, 0) is 19.1 Å². The lowest BCUT2D eigenvalue weighted by atomic mass is 10.1. The number of aliphatic hydroxyl groups is 1. The smallest absolute Gasteiger partial charge is 0.126 e. The molecule has 0 spiro atoms. The Labute approximate surface area is 102 Å². The second-order valence-electron chi connectivity index (χ2n) is 4.17. The molecule has 1 aliphatic rings. The molecule has 1 heterocycles. The number of hydrogen-bond acceptors (Lipinski definition) is 4. The minimum atomic E-state index is -0.538. The van der Waals surface area contributed by atoms with E-state index in [0.717, 1.165) is 43.3 Å². The van der Waals surface area contributed by atoms with Crippen molar-refractivity contribution in [3.05, 3.63) is 23.8 Å². The molecule has 4 nitrogen and oxygen atoms in total. The Bertz CT molecular complexity index is 373. The standard InChI is InChI=1S/C13H19NO3/c1-10(15)13-11(4-3-5-12(13)16-2)14-6-8-17-9-7-14/h3-5,10,15H,6-9H2,1-2H3/t10-/m1/s1. The van der Waals surface area contributed by atoms with Crippen LogP contribution in [0.15, 0.2) is 18.2 Å². The van der Waals surface area contributed by atoms with Gasteiger partial charge in [-0.3, -0.25) is 0 Å². The molecule has 2 rings (SSSR count). The van der Waals surface area contributed by atoms with Crippen molar-refractivity contribution >= 4 is 5.69 Å². The van der Waals surface area contributed by atoms with Crippen LogP contribution in [0.5, 0.6) is 5.75 Å². The van der Waals surface area contributed by atoms with Gasteiger partial charge in [0.05, 0.1) is 26.4 Å². The monoisotopic (exact) mass is 237 g/mol. The van der Waals surface area contributed by atoms with Crippen molar-refractivity contribution in [2.45, 2.75) is 13.0 Å². The van der Waals surface area contributed by atoms with E-state index < -0.39 is 6.10 Å². The van der Waals surface area contributed by atoms with Gasteiger partial charge < -0.3 is 19.5 Å². The molecule has 1 saturated heterocycles. The van der Waals surface area contributed by atoms with Crippen LogP contribution in [-0.2, 0) is 4.74 Å². The van der Waals surface area contributed by atoms with E-state index in [2.05, 4.69) is 4.90 Å². The summed E-state index contributed by atoms with van der Waals surface area (Å²) >= 11 is 0. The Kier molecular flexibility index (Phi) is 3.86. The molecule has 0 saturated carbocycles. The molecule has 1 fully saturated rings. The van der Waals surface area contributed by atoms with Crippen LogP contribution in [0.4, 0.5) is 5.69 Å². The Morgan fingerprint density at radius 3 is 2.65 bits per heavy atom.